The van der Waals surface area contributed by atoms with Gasteiger partial charge in [-0.1, -0.05) is 39.0 Å². The largest absolute Gasteiger partial charge is 0.456 e. The minimum atomic E-state index is -0.682. The monoisotopic (exact) mass is 473 g/mol. The molecule has 9 heteroatoms. The highest BCUT2D eigenvalue weighted by Crippen LogP contribution is 2.34. The van der Waals surface area contributed by atoms with E-state index >= 15 is 0 Å². The number of halogens is 1. The molecule has 0 radical (unpaired) electrons. The molecule has 0 aliphatic heterocycles. The molecule has 0 saturated carbocycles. The second-order valence-electron chi connectivity index (χ2n) is 7.98. The topological polar surface area (TPSA) is 115 Å². The Morgan fingerprint density at radius 2 is 2.06 bits per heavy atom. The minimum Gasteiger partial charge on any atom is -0.456 e. The Hall–Kier alpha value is -3.10. The molecule has 1 aromatic carbocycles. The molecule has 0 unspecified atom stereocenters. The third kappa shape index (κ3) is 6.03. The highest BCUT2D eigenvalue weighted by molar-refractivity contribution is 6.32. The highest BCUT2D eigenvalue weighted by Gasteiger charge is 2.16. The van der Waals surface area contributed by atoms with Crippen LogP contribution in [-0.4, -0.2) is 21.8 Å². The van der Waals surface area contributed by atoms with Crippen molar-refractivity contribution in [3.63, 3.8) is 0 Å². The first-order valence-electron chi connectivity index (χ1n) is 10.7. The van der Waals surface area contributed by atoms with Crippen molar-refractivity contribution < 1.29 is 4.74 Å². The van der Waals surface area contributed by atoms with Crippen LogP contribution in [-0.2, 0) is 6.54 Å². The molecule has 1 heterocycles. The van der Waals surface area contributed by atoms with Gasteiger partial charge in [0.05, 0.1) is 10.7 Å². The number of nitrogens with one attached hydrogen (secondary N) is 2. The normalized spacial score (nSPS) is 12.6. The molecule has 0 spiro atoms. The van der Waals surface area contributed by atoms with Crippen molar-refractivity contribution in [2.45, 2.75) is 47.6 Å². The number of hydrogen-bond donors (Lipinski definition) is 3. The van der Waals surface area contributed by atoms with Crippen molar-refractivity contribution in [2.75, 3.05) is 7.05 Å². The molecule has 0 aliphatic rings. The van der Waals surface area contributed by atoms with Gasteiger partial charge in [0.2, 0.25) is 0 Å². The molecule has 8 nitrogen and oxygen atoms in total. The van der Waals surface area contributed by atoms with Gasteiger partial charge in [0.15, 0.2) is 0 Å². The van der Waals surface area contributed by atoms with Crippen LogP contribution >= 0.6 is 11.6 Å². The van der Waals surface area contributed by atoms with E-state index in [-0.39, 0.29) is 18.2 Å². The lowest BCUT2D eigenvalue weighted by Crippen LogP contribution is -2.35. The molecule has 0 atom stereocenters. The van der Waals surface area contributed by atoms with Crippen LogP contribution in [0, 0.1) is 12.8 Å². The molecule has 0 amide bonds. The van der Waals surface area contributed by atoms with E-state index in [4.69, 9.17) is 22.1 Å². The summed E-state index contributed by atoms with van der Waals surface area (Å²) in [5.74, 6) is 1.37. The number of H-pyrrole nitrogens is 1. The number of benzene rings is 1. The smallest absolute Gasteiger partial charge is 0.349 e. The van der Waals surface area contributed by atoms with Crippen LogP contribution in [0.15, 0.2) is 57.0 Å². The number of hydrogen-bond acceptors (Lipinski definition) is 6. The van der Waals surface area contributed by atoms with Crippen LogP contribution in [0.3, 0.4) is 0 Å². The van der Waals surface area contributed by atoms with Gasteiger partial charge in [0.1, 0.15) is 17.2 Å². The molecule has 33 heavy (non-hydrogen) atoms. The van der Waals surface area contributed by atoms with Crippen molar-refractivity contribution in [3.05, 3.63) is 84.5 Å². The number of nitrogens with two attached hydrogens (primary N) is 1. The summed E-state index contributed by atoms with van der Waals surface area (Å²) in [6.07, 6.45) is 2.77. The maximum absolute atomic E-state index is 12.3. The Morgan fingerprint density at radius 1 is 1.39 bits per heavy atom. The number of aromatic nitrogens is 3. The third-order valence-corrected chi connectivity index (χ3v) is 5.55. The first-order chi connectivity index (χ1) is 15.5. The SMILES string of the molecule is C=C(NC)/C(=C\C(Oc1c(C)cc(-n2nc(CN)c(=O)[nH]c2=O)cc1Cl)=C(/C)CC)C(C)C. The highest BCUT2D eigenvalue weighted by atomic mass is 35.5. The molecule has 178 valence electrons. The van der Waals surface area contributed by atoms with Crippen molar-refractivity contribution in [1.29, 1.82) is 0 Å². The second kappa shape index (κ2) is 11.2. The number of aryl methyl sites for hydroxylation is 1. The number of ether oxygens (including phenoxy) is 1. The van der Waals surface area contributed by atoms with Crippen molar-refractivity contribution in [1.82, 2.24) is 20.1 Å². The molecule has 0 aliphatic carbocycles. The molecule has 1 aromatic heterocycles. The fourth-order valence-electron chi connectivity index (χ4n) is 3.12. The maximum atomic E-state index is 12.3. The summed E-state index contributed by atoms with van der Waals surface area (Å²) in [6, 6.07) is 3.28. The fraction of sp³-hybridized carbons (Fsp3) is 0.375. The predicted octanol–water partition coefficient (Wildman–Crippen LogP) is 3.72. The summed E-state index contributed by atoms with van der Waals surface area (Å²) in [5.41, 5.74) is 8.27. The molecule has 0 saturated heterocycles. The summed E-state index contributed by atoms with van der Waals surface area (Å²) in [7, 11) is 1.83. The first-order valence-corrected chi connectivity index (χ1v) is 11.1. The van der Waals surface area contributed by atoms with Crippen LogP contribution in [0.5, 0.6) is 5.75 Å². The molecule has 0 bridgehead atoms. The maximum Gasteiger partial charge on any atom is 0.349 e. The number of nitrogens with zero attached hydrogens (tertiary/aromatic N) is 2. The Bertz CT molecular complexity index is 1200. The first kappa shape index (κ1) is 26.2. The van der Waals surface area contributed by atoms with E-state index in [1.54, 1.807) is 12.1 Å². The van der Waals surface area contributed by atoms with Gasteiger partial charge in [-0.2, -0.15) is 9.78 Å². The standard InChI is InChI=1S/C24H32ClN5O3/c1-8-14(4)21(11-18(13(2)3)16(6)27-7)33-22-15(5)9-17(10-19(22)25)30-24(32)28-23(31)20(12-26)29-30/h9-11,13,27H,6,8,12,26H2,1-5,7H3,(H,28,31,32)/b18-11-,21-14-. The van der Waals surface area contributed by atoms with Gasteiger partial charge < -0.3 is 15.8 Å². The minimum absolute atomic E-state index is 0.0450. The number of rotatable bonds is 9. The average molecular weight is 474 g/mol. The van der Waals surface area contributed by atoms with Crippen LogP contribution in [0.2, 0.25) is 5.02 Å². The van der Waals surface area contributed by atoms with Crippen LogP contribution in [0.1, 0.15) is 45.4 Å². The quantitative estimate of drug-likeness (QED) is 0.377. The molecule has 2 aromatic rings. The predicted molar refractivity (Wildman–Crippen MR) is 133 cm³/mol. The van der Waals surface area contributed by atoms with Crippen molar-refractivity contribution >= 4 is 11.6 Å². The van der Waals surface area contributed by atoms with E-state index in [1.807, 2.05) is 27.0 Å². The zero-order valence-electron chi connectivity index (χ0n) is 20.0. The molecule has 2 rings (SSSR count). The summed E-state index contributed by atoms with van der Waals surface area (Å²) >= 11 is 6.58. The Morgan fingerprint density at radius 3 is 2.58 bits per heavy atom. The third-order valence-electron chi connectivity index (χ3n) is 5.27. The number of aromatic amines is 1. The number of allylic oxidation sites excluding steroid dienone is 3. The zero-order chi connectivity index (χ0) is 24.9. The van der Waals surface area contributed by atoms with E-state index in [1.165, 1.54) is 0 Å². The van der Waals surface area contributed by atoms with Gasteiger partial charge in [-0.05, 0) is 61.1 Å². The lowest BCUT2D eigenvalue weighted by atomic mass is 9.98. The van der Waals surface area contributed by atoms with Crippen LogP contribution < -0.4 is 27.0 Å². The van der Waals surface area contributed by atoms with Gasteiger partial charge in [0.25, 0.3) is 5.56 Å². The van der Waals surface area contributed by atoms with E-state index in [0.717, 1.165) is 27.9 Å². The van der Waals surface area contributed by atoms with Gasteiger partial charge in [-0.3, -0.25) is 9.78 Å². The van der Waals surface area contributed by atoms with Gasteiger partial charge >= 0.3 is 5.69 Å². The summed E-state index contributed by atoms with van der Waals surface area (Å²) < 4.78 is 7.37. The lowest BCUT2D eigenvalue weighted by Gasteiger charge is -2.19. The van der Waals surface area contributed by atoms with E-state index < -0.39 is 11.2 Å². The molecular formula is C24H32ClN5O3. The Kier molecular flexibility index (Phi) is 8.84. The van der Waals surface area contributed by atoms with E-state index in [0.29, 0.717) is 27.8 Å². The van der Waals surface area contributed by atoms with Crippen LogP contribution in [0.25, 0.3) is 5.69 Å². The van der Waals surface area contributed by atoms with Gasteiger partial charge in [0, 0.05) is 19.3 Å². The number of likely N-dealkylation sites (N-methyl/N-ethyl adjacent to an activating group) is 1. The fourth-order valence-corrected chi connectivity index (χ4v) is 3.42. The van der Waals surface area contributed by atoms with E-state index in [9.17, 15) is 9.59 Å². The summed E-state index contributed by atoms with van der Waals surface area (Å²) in [6.45, 7) is 14.0. The summed E-state index contributed by atoms with van der Waals surface area (Å²) in [5, 5.41) is 7.46. The van der Waals surface area contributed by atoms with Gasteiger partial charge in [-0.25, -0.2) is 4.79 Å². The van der Waals surface area contributed by atoms with Gasteiger partial charge in [-0.15, -0.1) is 0 Å². The van der Waals surface area contributed by atoms with E-state index in [2.05, 4.69) is 42.7 Å². The van der Waals surface area contributed by atoms with Crippen LogP contribution in [0.4, 0.5) is 0 Å². The Balaban J connectivity index is 2.59. The van der Waals surface area contributed by atoms with Crippen molar-refractivity contribution in [3.8, 4) is 11.4 Å². The second-order valence-corrected chi connectivity index (χ2v) is 8.39. The molecule has 0 fully saturated rings. The molecular weight excluding hydrogens is 442 g/mol. The molecule has 4 N–H and O–H groups in total. The van der Waals surface area contributed by atoms with Crippen molar-refractivity contribution in [2.24, 2.45) is 11.7 Å². The lowest BCUT2D eigenvalue weighted by molar-refractivity contribution is 0.431. The average Bonchev–Trinajstić information content (AvgIpc) is 2.76. The zero-order valence-corrected chi connectivity index (χ0v) is 20.8. The summed E-state index contributed by atoms with van der Waals surface area (Å²) in [4.78, 5) is 26.3. The Labute approximate surface area is 198 Å².